The standard InChI is InChI=1S/C20H18F2N2O4S2/c1-28-17-5-3-2-4-12(17)8-19(25)23-20-24(15-7-6-13(21)9-14(15)22)16-10-30(26,27)11-18(16)29-20/h2-7,9,16,18H,8,10-11H2,1H3/t16-,18-/m1/s1. The van der Waals surface area contributed by atoms with Gasteiger partial charge in [-0.05, 0) is 18.2 Å². The molecular weight excluding hydrogens is 434 g/mol. The monoisotopic (exact) mass is 452 g/mol. The van der Waals surface area contributed by atoms with E-state index in [0.717, 1.165) is 23.9 Å². The molecule has 0 unspecified atom stereocenters. The highest BCUT2D eigenvalue weighted by Crippen LogP contribution is 2.41. The summed E-state index contributed by atoms with van der Waals surface area (Å²) in [4.78, 5) is 18.2. The summed E-state index contributed by atoms with van der Waals surface area (Å²) in [6.07, 6.45) is -0.0263. The number of benzene rings is 2. The number of carbonyl (C=O) groups is 1. The highest BCUT2D eigenvalue weighted by atomic mass is 32.2. The minimum Gasteiger partial charge on any atom is -0.496 e. The number of halogens is 2. The first-order valence-corrected chi connectivity index (χ1v) is 11.8. The number of hydrogen-bond donors (Lipinski definition) is 0. The Morgan fingerprint density at radius 3 is 2.73 bits per heavy atom. The van der Waals surface area contributed by atoms with E-state index in [0.29, 0.717) is 11.3 Å². The predicted molar refractivity (Wildman–Crippen MR) is 112 cm³/mol. The summed E-state index contributed by atoms with van der Waals surface area (Å²) in [6.45, 7) is 0. The zero-order valence-electron chi connectivity index (χ0n) is 15.9. The summed E-state index contributed by atoms with van der Waals surface area (Å²) in [5.41, 5.74) is 0.650. The van der Waals surface area contributed by atoms with Gasteiger partial charge in [0.1, 0.15) is 17.4 Å². The first-order valence-electron chi connectivity index (χ1n) is 9.12. The van der Waals surface area contributed by atoms with E-state index in [9.17, 15) is 22.0 Å². The van der Waals surface area contributed by atoms with Gasteiger partial charge in [0, 0.05) is 16.9 Å². The van der Waals surface area contributed by atoms with Crippen molar-refractivity contribution in [3.8, 4) is 5.75 Å². The Morgan fingerprint density at radius 2 is 2.00 bits per heavy atom. The number of ether oxygens (including phenoxy) is 1. The van der Waals surface area contributed by atoms with Crippen LogP contribution in [0.4, 0.5) is 14.5 Å². The molecule has 0 radical (unpaired) electrons. The molecule has 0 aliphatic carbocycles. The maximum atomic E-state index is 14.5. The molecule has 2 heterocycles. The summed E-state index contributed by atoms with van der Waals surface area (Å²) in [6, 6.07) is 9.52. The molecule has 0 saturated carbocycles. The quantitative estimate of drug-likeness (QED) is 0.710. The number of hydrogen-bond acceptors (Lipinski definition) is 5. The first kappa shape index (κ1) is 20.8. The number of nitrogens with zero attached hydrogens (tertiary/aromatic N) is 2. The average Bonchev–Trinajstić information content (AvgIpc) is 3.13. The molecule has 0 aromatic heterocycles. The van der Waals surface area contributed by atoms with E-state index in [1.54, 1.807) is 24.3 Å². The van der Waals surface area contributed by atoms with Crippen molar-refractivity contribution in [2.75, 3.05) is 23.5 Å². The lowest BCUT2D eigenvalue weighted by Crippen LogP contribution is -2.38. The number of amidine groups is 1. The number of rotatable bonds is 4. The van der Waals surface area contributed by atoms with Crippen LogP contribution < -0.4 is 9.64 Å². The van der Waals surface area contributed by atoms with Crippen LogP contribution in [0.15, 0.2) is 47.5 Å². The second-order valence-corrected chi connectivity index (χ2v) is 10.4. The Bertz CT molecular complexity index is 1140. The van der Waals surface area contributed by atoms with Crippen molar-refractivity contribution in [2.24, 2.45) is 4.99 Å². The molecule has 2 aliphatic heterocycles. The van der Waals surface area contributed by atoms with Crippen molar-refractivity contribution < 1.29 is 26.7 Å². The normalized spacial score (nSPS) is 23.6. The van der Waals surface area contributed by atoms with Crippen LogP contribution in [-0.2, 0) is 21.1 Å². The summed E-state index contributed by atoms with van der Waals surface area (Å²) in [5, 5.41) is -0.164. The van der Waals surface area contributed by atoms with Crippen LogP contribution in [0.1, 0.15) is 5.56 Å². The molecule has 2 aromatic carbocycles. The molecule has 4 rings (SSSR count). The van der Waals surface area contributed by atoms with E-state index in [-0.39, 0.29) is 34.0 Å². The van der Waals surface area contributed by atoms with Crippen LogP contribution in [0.2, 0.25) is 0 Å². The third-order valence-electron chi connectivity index (χ3n) is 4.99. The van der Waals surface area contributed by atoms with Crippen LogP contribution in [0, 0.1) is 11.6 Å². The van der Waals surface area contributed by atoms with Gasteiger partial charge in [0.25, 0.3) is 5.91 Å². The zero-order valence-corrected chi connectivity index (χ0v) is 17.6. The van der Waals surface area contributed by atoms with Crippen molar-refractivity contribution in [1.29, 1.82) is 0 Å². The molecule has 30 heavy (non-hydrogen) atoms. The van der Waals surface area contributed by atoms with E-state index >= 15 is 0 Å². The number of methoxy groups -OCH3 is 1. The number of sulfone groups is 1. The van der Waals surface area contributed by atoms with E-state index in [1.807, 2.05) is 0 Å². The van der Waals surface area contributed by atoms with Crippen molar-refractivity contribution >= 4 is 38.4 Å². The summed E-state index contributed by atoms with van der Waals surface area (Å²) < 4.78 is 57.3. The van der Waals surface area contributed by atoms with E-state index in [1.165, 1.54) is 18.1 Å². The predicted octanol–water partition coefficient (Wildman–Crippen LogP) is 2.82. The molecular formula is C20H18F2N2O4S2. The fraction of sp³-hybridized carbons (Fsp3) is 0.300. The second kappa shape index (κ2) is 7.99. The molecule has 2 saturated heterocycles. The average molecular weight is 453 g/mol. The minimum absolute atomic E-state index is 0.00246. The lowest BCUT2D eigenvalue weighted by Gasteiger charge is -2.24. The number of fused-ring (bicyclic) bond motifs is 1. The summed E-state index contributed by atoms with van der Waals surface area (Å²) in [7, 11) is -1.79. The van der Waals surface area contributed by atoms with Crippen LogP contribution in [0.25, 0.3) is 0 Å². The summed E-state index contributed by atoms with van der Waals surface area (Å²) in [5.74, 6) is -1.77. The summed E-state index contributed by atoms with van der Waals surface area (Å²) >= 11 is 1.13. The van der Waals surface area contributed by atoms with Gasteiger partial charge in [0.05, 0.1) is 36.8 Å². The van der Waals surface area contributed by atoms with Gasteiger partial charge >= 0.3 is 0 Å². The third-order valence-corrected chi connectivity index (χ3v) is 8.20. The minimum atomic E-state index is -3.29. The molecule has 0 spiro atoms. The van der Waals surface area contributed by atoms with Crippen molar-refractivity contribution in [1.82, 2.24) is 0 Å². The van der Waals surface area contributed by atoms with E-state index in [4.69, 9.17) is 4.74 Å². The third kappa shape index (κ3) is 4.06. The molecule has 2 aliphatic rings. The molecule has 2 aromatic rings. The Balaban J connectivity index is 1.68. The smallest absolute Gasteiger partial charge is 0.252 e. The van der Waals surface area contributed by atoms with Gasteiger partial charge in [-0.3, -0.25) is 4.79 Å². The lowest BCUT2D eigenvalue weighted by molar-refractivity contribution is -0.117. The molecule has 158 valence electrons. The van der Waals surface area contributed by atoms with Gasteiger partial charge in [-0.15, -0.1) is 0 Å². The number of carbonyl (C=O) groups excluding carboxylic acids is 1. The van der Waals surface area contributed by atoms with Crippen LogP contribution >= 0.6 is 11.8 Å². The molecule has 10 heteroatoms. The van der Waals surface area contributed by atoms with Crippen molar-refractivity contribution in [3.63, 3.8) is 0 Å². The largest absolute Gasteiger partial charge is 0.496 e. The maximum Gasteiger partial charge on any atom is 0.252 e. The molecule has 0 bridgehead atoms. The number of amides is 1. The van der Waals surface area contributed by atoms with E-state index in [2.05, 4.69) is 4.99 Å². The van der Waals surface area contributed by atoms with Gasteiger partial charge in [0.15, 0.2) is 15.0 Å². The highest BCUT2D eigenvalue weighted by Gasteiger charge is 2.50. The number of anilines is 1. The highest BCUT2D eigenvalue weighted by molar-refractivity contribution is 8.16. The van der Waals surface area contributed by atoms with Crippen LogP contribution in [0.3, 0.4) is 0 Å². The Kier molecular flexibility index (Phi) is 5.54. The van der Waals surface area contributed by atoms with Gasteiger partial charge < -0.3 is 9.64 Å². The molecule has 2 atom stereocenters. The van der Waals surface area contributed by atoms with Gasteiger partial charge in [-0.25, -0.2) is 17.2 Å². The molecule has 0 N–H and O–H groups in total. The van der Waals surface area contributed by atoms with Gasteiger partial charge in [0.2, 0.25) is 0 Å². The molecule has 2 fully saturated rings. The van der Waals surface area contributed by atoms with Crippen LogP contribution in [0.5, 0.6) is 5.75 Å². The van der Waals surface area contributed by atoms with Gasteiger partial charge in [-0.1, -0.05) is 30.0 Å². The molecule has 1 amide bonds. The van der Waals surface area contributed by atoms with E-state index < -0.39 is 33.4 Å². The fourth-order valence-electron chi connectivity index (χ4n) is 3.68. The Morgan fingerprint density at radius 1 is 1.23 bits per heavy atom. The number of aliphatic imine (C=N–C) groups is 1. The lowest BCUT2D eigenvalue weighted by atomic mass is 10.1. The fourth-order valence-corrected chi connectivity index (χ4v) is 7.61. The first-order chi connectivity index (χ1) is 14.3. The topological polar surface area (TPSA) is 76.0 Å². The van der Waals surface area contributed by atoms with Gasteiger partial charge in [-0.2, -0.15) is 4.99 Å². The van der Waals surface area contributed by atoms with Crippen LogP contribution in [-0.4, -0.2) is 49.4 Å². The number of thioether (sulfide) groups is 1. The maximum absolute atomic E-state index is 14.5. The zero-order chi connectivity index (χ0) is 21.5. The molecule has 6 nitrogen and oxygen atoms in total. The Hall–Kier alpha value is -2.46. The second-order valence-electron chi connectivity index (χ2n) is 7.04. The SMILES string of the molecule is COc1ccccc1CC(=O)N=C1S[C@@H]2CS(=O)(=O)C[C@H]2N1c1ccc(F)cc1F. The Labute approximate surface area is 176 Å². The van der Waals surface area contributed by atoms with Crippen molar-refractivity contribution in [3.05, 3.63) is 59.7 Å². The van der Waals surface area contributed by atoms with Crippen molar-refractivity contribution in [2.45, 2.75) is 17.7 Å². The number of para-hydroxylation sites is 1.